The number of aryl methyl sites for hydroxylation is 3. The van der Waals surface area contributed by atoms with Gasteiger partial charge in [-0.1, -0.05) is 35.0 Å². The summed E-state index contributed by atoms with van der Waals surface area (Å²) in [6, 6.07) is 8.46. The third kappa shape index (κ3) is 3.05. The van der Waals surface area contributed by atoms with Crippen LogP contribution >= 0.6 is 0 Å². The zero-order valence-electron chi connectivity index (χ0n) is 15.9. The van der Waals surface area contributed by atoms with E-state index in [9.17, 15) is 4.79 Å². The normalized spacial score (nSPS) is 19.6. The van der Waals surface area contributed by atoms with Crippen LogP contribution in [0.25, 0.3) is 0 Å². The zero-order chi connectivity index (χ0) is 18.3. The summed E-state index contributed by atoms with van der Waals surface area (Å²) in [5.74, 6) is 1.22. The van der Waals surface area contributed by atoms with Crippen LogP contribution in [-0.2, 0) is 16.8 Å². The average molecular weight is 353 g/mol. The van der Waals surface area contributed by atoms with Crippen molar-refractivity contribution in [1.82, 2.24) is 15.0 Å². The van der Waals surface area contributed by atoms with E-state index in [-0.39, 0.29) is 5.41 Å². The standard InChI is InChI=1S/C21H27N3O2/c1-15-5-4-6-18(13-15)21(7-8-21)20(25)24-11-9-23(10-12-24)14-19-16(2)22-26-17(19)3/h4-6,13H,7-12,14H2,1-3H3. The van der Waals surface area contributed by atoms with Crippen LogP contribution in [0.5, 0.6) is 0 Å². The van der Waals surface area contributed by atoms with Gasteiger partial charge in [-0.25, -0.2) is 0 Å². The van der Waals surface area contributed by atoms with Gasteiger partial charge in [0.2, 0.25) is 5.91 Å². The molecule has 2 fully saturated rings. The third-order valence-electron chi connectivity index (χ3n) is 5.95. The van der Waals surface area contributed by atoms with Gasteiger partial charge < -0.3 is 9.42 Å². The molecule has 2 heterocycles. The topological polar surface area (TPSA) is 49.6 Å². The molecule has 0 radical (unpaired) electrons. The molecule has 1 aromatic carbocycles. The van der Waals surface area contributed by atoms with Crippen LogP contribution < -0.4 is 0 Å². The second-order valence-corrected chi connectivity index (χ2v) is 7.82. The van der Waals surface area contributed by atoms with E-state index in [1.54, 1.807) is 0 Å². The minimum absolute atomic E-state index is 0.254. The molecule has 5 heteroatoms. The van der Waals surface area contributed by atoms with Crippen molar-refractivity contribution in [1.29, 1.82) is 0 Å². The minimum atomic E-state index is -0.254. The van der Waals surface area contributed by atoms with E-state index < -0.39 is 0 Å². The summed E-state index contributed by atoms with van der Waals surface area (Å²) in [5, 5.41) is 4.04. The highest BCUT2D eigenvalue weighted by Gasteiger charge is 2.53. The van der Waals surface area contributed by atoms with E-state index in [4.69, 9.17) is 4.52 Å². The number of nitrogens with zero attached hydrogens (tertiary/aromatic N) is 3. The van der Waals surface area contributed by atoms with Crippen LogP contribution in [0, 0.1) is 20.8 Å². The Balaban J connectivity index is 1.40. The fraction of sp³-hybridized carbons (Fsp3) is 0.524. The Morgan fingerprint density at radius 2 is 1.88 bits per heavy atom. The Morgan fingerprint density at radius 3 is 2.46 bits per heavy atom. The van der Waals surface area contributed by atoms with Crippen molar-refractivity contribution in [3.05, 3.63) is 52.4 Å². The van der Waals surface area contributed by atoms with Crippen LogP contribution in [0.2, 0.25) is 0 Å². The molecule has 0 atom stereocenters. The summed E-state index contributed by atoms with van der Waals surface area (Å²) in [4.78, 5) is 17.7. The van der Waals surface area contributed by atoms with Gasteiger partial charge in [-0.3, -0.25) is 9.69 Å². The van der Waals surface area contributed by atoms with Crippen molar-refractivity contribution >= 4 is 5.91 Å². The highest BCUT2D eigenvalue weighted by atomic mass is 16.5. The third-order valence-corrected chi connectivity index (χ3v) is 5.95. The molecule has 1 aliphatic heterocycles. The smallest absolute Gasteiger partial charge is 0.233 e. The first-order valence-corrected chi connectivity index (χ1v) is 9.50. The van der Waals surface area contributed by atoms with Crippen LogP contribution in [0.4, 0.5) is 0 Å². The number of hydrogen-bond acceptors (Lipinski definition) is 4. The van der Waals surface area contributed by atoms with E-state index in [1.807, 2.05) is 13.8 Å². The second kappa shape index (κ2) is 6.54. The first-order chi connectivity index (χ1) is 12.5. The van der Waals surface area contributed by atoms with Gasteiger partial charge in [0.05, 0.1) is 11.1 Å². The number of benzene rings is 1. The number of amides is 1. The maximum absolute atomic E-state index is 13.2. The molecule has 5 nitrogen and oxygen atoms in total. The zero-order valence-corrected chi connectivity index (χ0v) is 15.9. The number of carbonyl (C=O) groups excluding carboxylic acids is 1. The van der Waals surface area contributed by atoms with E-state index >= 15 is 0 Å². The molecule has 0 unspecified atom stereocenters. The lowest BCUT2D eigenvalue weighted by Gasteiger charge is -2.36. The van der Waals surface area contributed by atoms with Crippen molar-refractivity contribution in [3.8, 4) is 0 Å². The maximum Gasteiger partial charge on any atom is 0.233 e. The van der Waals surface area contributed by atoms with Gasteiger partial charge in [-0.05, 0) is 39.2 Å². The predicted molar refractivity (Wildman–Crippen MR) is 99.9 cm³/mol. The summed E-state index contributed by atoms with van der Waals surface area (Å²) < 4.78 is 5.27. The first kappa shape index (κ1) is 17.3. The van der Waals surface area contributed by atoms with E-state index in [0.29, 0.717) is 5.91 Å². The molecular weight excluding hydrogens is 326 g/mol. The van der Waals surface area contributed by atoms with Crippen molar-refractivity contribution in [2.45, 2.75) is 45.6 Å². The molecule has 1 aromatic heterocycles. The quantitative estimate of drug-likeness (QED) is 0.848. The predicted octanol–water partition coefficient (Wildman–Crippen LogP) is 2.98. The van der Waals surface area contributed by atoms with E-state index in [2.05, 4.69) is 46.1 Å². The Bertz CT molecular complexity index is 795. The van der Waals surface area contributed by atoms with Crippen LogP contribution in [0.15, 0.2) is 28.8 Å². The Kier molecular flexibility index (Phi) is 4.35. The van der Waals surface area contributed by atoms with Crippen molar-refractivity contribution in [2.24, 2.45) is 0 Å². The summed E-state index contributed by atoms with van der Waals surface area (Å²) in [6.07, 6.45) is 1.96. The molecule has 4 rings (SSSR count). The molecule has 2 aromatic rings. The molecule has 0 N–H and O–H groups in total. The largest absolute Gasteiger partial charge is 0.361 e. The summed E-state index contributed by atoms with van der Waals surface area (Å²) >= 11 is 0. The van der Waals surface area contributed by atoms with Crippen molar-refractivity contribution in [3.63, 3.8) is 0 Å². The lowest BCUT2D eigenvalue weighted by Crippen LogP contribution is -2.51. The summed E-state index contributed by atoms with van der Waals surface area (Å²) in [5.41, 5.74) is 4.32. The number of aromatic nitrogens is 1. The Labute approximate surface area is 155 Å². The molecule has 0 spiro atoms. The van der Waals surface area contributed by atoms with Crippen LogP contribution in [0.3, 0.4) is 0 Å². The lowest BCUT2D eigenvalue weighted by molar-refractivity contribution is -0.135. The molecule has 1 aliphatic carbocycles. The van der Waals surface area contributed by atoms with Crippen LogP contribution in [-0.4, -0.2) is 47.0 Å². The fourth-order valence-corrected chi connectivity index (χ4v) is 4.06. The SMILES string of the molecule is Cc1cccc(C2(C(=O)N3CCN(Cc4c(C)noc4C)CC3)CC2)c1. The monoisotopic (exact) mass is 353 g/mol. The van der Waals surface area contributed by atoms with Gasteiger partial charge >= 0.3 is 0 Å². The number of carbonyl (C=O) groups is 1. The van der Waals surface area contributed by atoms with Gasteiger partial charge in [0.15, 0.2) is 0 Å². The van der Waals surface area contributed by atoms with E-state index in [1.165, 1.54) is 16.7 Å². The maximum atomic E-state index is 13.2. The van der Waals surface area contributed by atoms with Gasteiger partial charge in [0.25, 0.3) is 0 Å². The van der Waals surface area contributed by atoms with Crippen molar-refractivity contribution < 1.29 is 9.32 Å². The molecule has 138 valence electrons. The highest BCUT2D eigenvalue weighted by molar-refractivity contribution is 5.91. The van der Waals surface area contributed by atoms with Gasteiger partial charge in [0.1, 0.15) is 5.76 Å². The molecular formula is C21H27N3O2. The van der Waals surface area contributed by atoms with Gasteiger partial charge in [-0.15, -0.1) is 0 Å². The summed E-state index contributed by atoms with van der Waals surface area (Å²) in [7, 11) is 0. The van der Waals surface area contributed by atoms with E-state index in [0.717, 1.165) is 57.0 Å². The molecule has 2 aliphatic rings. The van der Waals surface area contributed by atoms with Gasteiger partial charge in [-0.2, -0.15) is 0 Å². The van der Waals surface area contributed by atoms with Crippen LogP contribution in [0.1, 0.15) is 41.0 Å². The second-order valence-electron chi connectivity index (χ2n) is 7.82. The first-order valence-electron chi connectivity index (χ1n) is 9.50. The molecule has 1 amide bonds. The van der Waals surface area contributed by atoms with Gasteiger partial charge in [0, 0.05) is 38.3 Å². The minimum Gasteiger partial charge on any atom is -0.361 e. The Morgan fingerprint density at radius 1 is 1.15 bits per heavy atom. The summed E-state index contributed by atoms with van der Waals surface area (Å²) in [6.45, 7) is 10.3. The Hall–Kier alpha value is -2.14. The average Bonchev–Trinajstić information content (AvgIpc) is 3.40. The number of piperazine rings is 1. The molecule has 0 bridgehead atoms. The molecule has 1 saturated heterocycles. The fourth-order valence-electron chi connectivity index (χ4n) is 4.06. The van der Waals surface area contributed by atoms with Crippen molar-refractivity contribution in [2.75, 3.05) is 26.2 Å². The number of hydrogen-bond donors (Lipinski definition) is 0. The lowest BCUT2D eigenvalue weighted by atomic mass is 9.92. The molecule has 1 saturated carbocycles. The highest BCUT2D eigenvalue weighted by Crippen LogP contribution is 2.49. The molecule has 26 heavy (non-hydrogen) atoms. The number of rotatable bonds is 4.